The molecule has 1 unspecified atom stereocenters. The summed E-state index contributed by atoms with van der Waals surface area (Å²) in [6.07, 6.45) is 6.77. The summed E-state index contributed by atoms with van der Waals surface area (Å²) < 4.78 is 28.2. The van der Waals surface area contributed by atoms with Gasteiger partial charge in [-0.1, -0.05) is 24.3 Å². The number of anilines is 1. The standard InChI is InChI=1S/C36H41N5O7S/c1-26-12-19-48-34(26)36(45)38-31-5-3-4-28(23-31)29-22-30(25-37-24-29)35(44)39-49(2,46)32-9-6-27(7-10-32)8-11-33(43)41-15-13-40(14-16-41)17-20-47-21-18-42/h3-7,9-10,12,19,22-25,42H,8,11,13-18,20-21H2,1-2H3,(H,38,45). The first-order chi connectivity index (χ1) is 23.6. The molecular weight excluding hydrogens is 646 g/mol. The lowest BCUT2D eigenvalue weighted by molar-refractivity contribution is -0.133. The van der Waals surface area contributed by atoms with Gasteiger partial charge in [0.2, 0.25) is 5.91 Å². The summed E-state index contributed by atoms with van der Waals surface area (Å²) in [5.74, 6) is -0.708. The van der Waals surface area contributed by atoms with Gasteiger partial charge in [0.15, 0.2) is 5.76 Å². The molecule has 12 nitrogen and oxygen atoms in total. The average molecular weight is 688 g/mol. The number of nitrogens with one attached hydrogen (secondary N) is 1. The first-order valence-corrected chi connectivity index (χ1v) is 18.0. The van der Waals surface area contributed by atoms with Crippen molar-refractivity contribution in [2.24, 2.45) is 4.36 Å². The molecule has 1 saturated heterocycles. The van der Waals surface area contributed by atoms with Gasteiger partial charge >= 0.3 is 0 Å². The highest BCUT2D eigenvalue weighted by Gasteiger charge is 2.21. The van der Waals surface area contributed by atoms with Crippen LogP contribution in [0.4, 0.5) is 5.69 Å². The highest BCUT2D eigenvalue weighted by Crippen LogP contribution is 2.25. The van der Waals surface area contributed by atoms with Crippen LogP contribution in [-0.2, 0) is 25.7 Å². The molecule has 1 aliphatic rings. The Morgan fingerprint density at radius 3 is 2.49 bits per heavy atom. The zero-order valence-corrected chi connectivity index (χ0v) is 28.5. The number of amides is 3. The van der Waals surface area contributed by atoms with Crippen LogP contribution < -0.4 is 5.32 Å². The Bertz CT molecular complexity index is 1890. The van der Waals surface area contributed by atoms with Crippen molar-refractivity contribution in [3.8, 4) is 11.1 Å². The monoisotopic (exact) mass is 687 g/mol. The van der Waals surface area contributed by atoms with Crippen molar-refractivity contribution in [3.05, 3.63) is 102 Å². The number of hydrogen-bond acceptors (Lipinski definition) is 9. The number of furan rings is 1. The highest BCUT2D eigenvalue weighted by atomic mass is 32.2. The second kappa shape index (κ2) is 16.6. The fraction of sp³-hybridized carbons (Fsp3) is 0.333. The maximum atomic E-state index is 13.6. The number of aromatic nitrogens is 1. The maximum absolute atomic E-state index is 13.6. The molecule has 5 rings (SSSR count). The molecule has 0 aliphatic carbocycles. The number of rotatable bonds is 13. The van der Waals surface area contributed by atoms with Crippen LogP contribution in [0.5, 0.6) is 0 Å². The third-order valence-corrected chi connectivity index (χ3v) is 9.93. The highest BCUT2D eigenvalue weighted by molar-refractivity contribution is 7.93. The maximum Gasteiger partial charge on any atom is 0.291 e. The van der Waals surface area contributed by atoms with Gasteiger partial charge in [-0.2, -0.15) is 4.36 Å². The van der Waals surface area contributed by atoms with Crippen LogP contribution in [0, 0.1) is 6.92 Å². The minimum Gasteiger partial charge on any atom is -0.459 e. The average Bonchev–Trinajstić information content (AvgIpc) is 3.55. The molecule has 0 bridgehead atoms. The fourth-order valence-corrected chi connectivity index (χ4v) is 6.62. The quantitative estimate of drug-likeness (QED) is 0.196. The minimum absolute atomic E-state index is 0.0150. The van der Waals surface area contributed by atoms with E-state index < -0.39 is 15.6 Å². The van der Waals surface area contributed by atoms with Crippen molar-refractivity contribution < 1.29 is 32.9 Å². The van der Waals surface area contributed by atoms with Gasteiger partial charge in [-0.3, -0.25) is 24.3 Å². The topological polar surface area (TPSA) is 155 Å². The van der Waals surface area contributed by atoms with E-state index >= 15 is 0 Å². The van der Waals surface area contributed by atoms with E-state index in [1.165, 1.54) is 18.7 Å². The van der Waals surface area contributed by atoms with E-state index in [9.17, 15) is 18.6 Å². The van der Waals surface area contributed by atoms with Crippen LogP contribution in [0.25, 0.3) is 11.1 Å². The van der Waals surface area contributed by atoms with Crippen molar-refractivity contribution in [1.29, 1.82) is 0 Å². The van der Waals surface area contributed by atoms with Gasteiger partial charge in [-0.25, -0.2) is 4.21 Å². The Kier molecular flexibility index (Phi) is 12.1. The summed E-state index contributed by atoms with van der Waals surface area (Å²) >= 11 is 0. The molecular formula is C36H41N5O7S. The lowest BCUT2D eigenvalue weighted by Crippen LogP contribution is -2.49. The molecule has 2 N–H and O–H groups in total. The Hall–Kier alpha value is -4.69. The third-order valence-electron chi connectivity index (χ3n) is 8.27. The number of aliphatic hydroxyl groups excluding tert-OH is 1. The molecule has 49 heavy (non-hydrogen) atoms. The number of carbonyl (C=O) groups is 3. The summed E-state index contributed by atoms with van der Waals surface area (Å²) in [6.45, 7) is 6.39. The molecule has 0 radical (unpaired) electrons. The van der Waals surface area contributed by atoms with Crippen LogP contribution in [-0.4, -0.2) is 101 Å². The molecule has 2 aromatic heterocycles. The van der Waals surface area contributed by atoms with Gasteiger partial charge in [-0.15, -0.1) is 0 Å². The number of pyridine rings is 1. The number of nitrogens with zero attached hydrogens (tertiary/aromatic N) is 4. The Morgan fingerprint density at radius 1 is 1.00 bits per heavy atom. The molecule has 2 aromatic carbocycles. The van der Waals surface area contributed by atoms with E-state index in [1.807, 2.05) is 23.1 Å². The van der Waals surface area contributed by atoms with Crippen molar-refractivity contribution in [2.75, 3.05) is 64.1 Å². The SMILES string of the molecule is Cc1ccoc1C(=O)Nc1cccc(-c2cncc(C(=O)N=S(C)(=O)c3ccc(CCC(=O)N4CCN(CCOCCO)CC4)cc3)c2)c1. The molecule has 258 valence electrons. The molecule has 0 saturated carbocycles. The first kappa shape index (κ1) is 35.6. The van der Waals surface area contributed by atoms with E-state index in [-0.39, 0.29) is 29.7 Å². The van der Waals surface area contributed by atoms with Crippen molar-refractivity contribution >= 4 is 33.1 Å². The molecule has 1 atom stereocenters. The largest absolute Gasteiger partial charge is 0.459 e. The summed E-state index contributed by atoms with van der Waals surface area (Å²) in [6, 6.07) is 17.5. The van der Waals surface area contributed by atoms with Gasteiger partial charge in [0.05, 0.1) is 41.4 Å². The van der Waals surface area contributed by atoms with Crippen LogP contribution >= 0.6 is 0 Å². The van der Waals surface area contributed by atoms with Crippen molar-refractivity contribution in [3.63, 3.8) is 0 Å². The lowest BCUT2D eigenvalue weighted by Gasteiger charge is -2.34. The first-order valence-electron chi connectivity index (χ1n) is 16.1. The van der Waals surface area contributed by atoms with Crippen molar-refractivity contribution in [2.45, 2.75) is 24.7 Å². The predicted octanol–water partition coefficient (Wildman–Crippen LogP) is 4.29. The van der Waals surface area contributed by atoms with Crippen LogP contribution in [0.1, 0.15) is 38.5 Å². The number of aliphatic hydroxyl groups is 1. The minimum atomic E-state index is -3.07. The predicted molar refractivity (Wildman–Crippen MR) is 186 cm³/mol. The van der Waals surface area contributed by atoms with Crippen LogP contribution in [0.2, 0.25) is 0 Å². The van der Waals surface area contributed by atoms with Crippen LogP contribution in [0.15, 0.2) is 93.0 Å². The number of piperazine rings is 1. The van der Waals surface area contributed by atoms with E-state index in [2.05, 4.69) is 19.6 Å². The summed E-state index contributed by atoms with van der Waals surface area (Å²) in [7, 11) is -3.07. The summed E-state index contributed by atoms with van der Waals surface area (Å²) in [5, 5.41) is 11.6. The number of hydrogen-bond donors (Lipinski definition) is 2. The second-order valence-corrected chi connectivity index (χ2v) is 14.1. The summed E-state index contributed by atoms with van der Waals surface area (Å²) in [5.41, 5.74) is 3.71. The van der Waals surface area contributed by atoms with Gasteiger partial charge in [-0.05, 0) is 60.9 Å². The second-order valence-electron chi connectivity index (χ2n) is 11.8. The number of benzene rings is 2. The Labute approximate surface area is 286 Å². The Morgan fingerprint density at radius 2 is 1.78 bits per heavy atom. The number of carbonyl (C=O) groups excluding carboxylic acids is 3. The Balaban J connectivity index is 1.16. The van der Waals surface area contributed by atoms with E-state index in [4.69, 9.17) is 14.3 Å². The van der Waals surface area contributed by atoms with Gasteiger partial charge in [0.25, 0.3) is 11.8 Å². The fourth-order valence-electron chi connectivity index (χ4n) is 5.45. The number of ether oxygens (including phenoxy) is 1. The molecule has 1 aliphatic heterocycles. The van der Waals surface area contributed by atoms with E-state index in [0.29, 0.717) is 60.9 Å². The smallest absolute Gasteiger partial charge is 0.291 e. The zero-order valence-electron chi connectivity index (χ0n) is 27.7. The van der Waals surface area contributed by atoms with Gasteiger partial charge < -0.3 is 24.5 Å². The molecule has 0 spiro atoms. The van der Waals surface area contributed by atoms with E-state index in [0.717, 1.165) is 30.8 Å². The molecule has 3 heterocycles. The summed E-state index contributed by atoms with van der Waals surface area (Å²) in [4.78, 5) is 47.3. The molecule has 1 fully saturated rings. The third kappa shape index (κ3) is 9.70. The van der Waals surface area contributed by atoms with Crippen molar-refractivity contribution in [1.82, 2.24) is 14.8 Å². The van der Waals surface area contributed by atoms with E-state index in [1.54, 1.807) is 55.6 Å². The zero-order chi connectivity index (χ0) is 34.8. The number of aryl methyl sites for hydroxylation is 2. The molecule has 4 aromatic rings. The lowest BCUT2D eigenvalue weighted by atomic mass is 10.1. The van der Waals surface area contributed by atoms with Crippen LogP contribution in [0.3, 0.4) is 0 Å². The van der Waals surface area contributed by atoms with Gasteiger partial charge in [0, 0.05) is 79.5 Å². The normalized spacial score (nSPS) is 14.6. The molecule has 3 amide bonds. The molecule has 13 heteroatoms. The van der Waals surface area contributed by atoms with Gasteiger partial charge in [0.1, 0.15) is 0 Å².